The Morgan fingerprint density at radius 1 is 1.00 bits per heavy atom. The molecule has 1 aliphatic rings. The maximum atomic E-state index is 3.57. The third-order valence-corrected chi connectivity index (χ3v) is 4.84. The Morgan fingerprint density at radius 3 is 2.06 bits per heavy atom. The average Bonchev–Trinajstić information content (AvgIpc) is 2.62. The van der Waals surface area contributed by atoms with E-state index in [1.54, 1.807) is 0 Å². The predicted molar refractivity (Wildman–Crippen MR) is 69.2 cm³/mol. The van der Waals surface area contributed by atoms with Crippen molar-refractivity contribution in [3.63, 3.8) is 0 Å². The van der Waals surface area contributed by atoms with Crippen LogP contribution in [0, 0.1) is 16.7 Å². The maximum Gasteiger partial charge on any atom is 0.0205 e. The molecule has 88 valence electrons. The van der Waals surface area contributed by atoms with E-state index in [9.17, 15) is 0 Å². The molecule has 1 fully saturated rings. The third-order valence-electron chi connectivity index (χ3n) is 4.84. The molecule has 1 saturated carbocycles. The molecule has 0 saturated heterocycles. The summed E-state index contributed by atoms with van der Waals surface area (Å²) in [6.07, 6.45) is 0. The van der Waals surface area contributed by atoms with Gasteiger partial charge in [-0.1, -0.05) is 58.0 Å². The first-order valence-corrected chi connectivity index (χ1v) is 6.21. The van der Waals surface area contributed by atoms with Gasteiger partial charge < -0.3 is 5.32 Å². The van der Waals surface area contributed by atoms with Gasteiger partial charge in [0, 0.05) is 6.54 Å². The topological polar surface area (TPSA) is 12.0 Å². The van der Waals surface area contributed by atoms with Crippen molar-refractivity contribution in [2.45, 2.75) is 34.2 Å². The van der Waals surface area contributed by atoms with Crippen LogP contribution in [0.2, 0.25) is 0 Å². The van der Waals surface area contributed by atoms with Gasteiger partial charge in [0.2, 0.25) is 0 Å². The van der Waals surface area contributed by atoms with E-state index >= 15 is 0 Å². The highest BCUT2D eigenvalue weighted by atomic mass is 14.9. The van der Waals surface area contributed by atoms with E-state index in [4.69, 9.17) is 0 Å². The van der Waals surface area contributed by atoms with Crippen molar-refractivity contribution < 1.29 is 0 Å². The molecule has 16 heavy (non-hydrogen) atoms. The van der Waals surface area contributed by atoms with Crippen LogP contribution in [-0.4, -0.2) is 6.54 Å². The molecule has 0 heterocycles. The van der Waals surface area contributed by atoms with E-state index < -0.39 is 0 Å². The Kier molecular flexibility index (Phi) is 2.83. The fourth-order valence-electron chi connectivity index (χ4n) is 2.80. The van der Waals surface area contributed by atoms with Crippen LogP contribution in [0.5, 0.6) is 0 Å². The van der Waals surface area contributed by atoms with Gasteiger partial charge in [-0.25, -0.2) is 0 Å². The average molecular weight is 217 g/mol. The summed E-state index contributed by atoms with van der Waals surface area (Å²) in [5, 5.41) is 3.57. The maximum absolute atomic E-state index is 3.57. The van der Waals surface area contributed by atoms with Gasteiger partial charge in [-0.3, -0.25) is 0 Å². The van der Waals surface area contributed by atoms with Crippen molar-refractivity contribution in [1.29, 1.82) is 0 Å². The van der Waals surface area contributed by atoms with E-state index in [1.807, 2.05) is 0 Å². The van der Waals surface area contributed by atoms with Gasteiger partial charge in [-0.2, -0.15) is 0 Å². The molecule has 0 radical (unpaired) electrons. The van der Waals surface area contributed by atoms with Gasteiger partial charge in [0.05, 0.1) is 0 Å². The van der Waals surface area contributed by atoms with E-state index in [2.05, 4.69) is 63.3 Å². The van der Waals surface area contributed by atoms with Crippen molar-refractivity contribution in [2.75, 3.05) is 6.54 Å². The molecule has 1 N–H and O–H groups in total. The summed E-state index contributed by atoms with van der Waals surface area (Å²) in [5.74, 6) is 0.809. The molecule has 1 aliphatic carbocycles. The SMILES string of the molecule is CC1(C)C(CNCc2ccccc2)C1(C)C. The number of benzene rings is 1. The van der Waals surface area contributed by atoms with Crippen molar-refractivity contribution in [3.8, 4) is 0 Å². The Labute approximate surface area is 99.3 Å². The zero-order chi connectivity index (χ0) is 11.8. The summed E-state index contributed by atoms with van der Waals surface area (Å²) in [6.45, 7) is 11.6. The summed E-state index contributed by atoms with van der Waals surface area (Å²) >= 11 is 0. The Balaban J connectivity index is 1.79. The van der Waals surface area contributed by atoms with Crippen LogP contribution in [0.4, 0.5) is 0 Å². The molecule has 0 atom stereocenters. The van der Waals surface area contributed by atoms with Crippen LogP contribution in [0.25, 0.3) is 0 Å². The molecule has 1 nitrogen and oxygen atoms in total. The second-order valence-corrected chi connectivity index (χ2v) is 6.11. The minimum absolute atomic E-state index is 0.497. The Bertz CT molecular complexity index is 337. The van der Waals surface area contributed by atoms with Crippen LogP contribution < -0.4 is 5.32 Å². The lowest BCUT2D eigenvalue weighted by Crippen LogP contribution is -2.18. The second kappa shape index (κ2) is 3.89. The number of nitrogens with one attached hydrogen (secondary N) is 1. The van der Waals surface area contributed by atoms with Crippen molar-refractivity contribution in [3.05, 3.63) is 35.9 Å². The van der Waals surface area contributed by atoms with Crippen LogP contribution in [0.1, 0.15) is 33.3 Å². The zero-order valence-corrected chi connectivity index (χ0v) is 10.9. The lowest BCUT2D eigenvalue weighted by molar-refractivity contribution is 0.457. The summed E-state index contributed by atoms with van der Waals surface area (Å²) in [6, 6.07) is 10.6. The van der Waals surface area contributed by atoms with Crippen LogP contribution >= 0.6 is 0 Å². The molecule has 0 amide bonds. The van der Waals surface area contributed by atoms with Crippen LogP contribution in [0.3, 0.4) is 0 Å². The van der Waals surface area contributed by atoms with E-state index in [1.165, 1.54) is 5.56 Å². The van der Waals surface area contributed by atoms with Gasteiger partial charge in [0.1, 0.15) is 0 Å². The normalized spacial score (nSPS) is 22.0. The summed E-state index contributed by atoms with van der Waals surface area (Å²) in [7, 11) is 0. The fourth-order valence-corrected chi connectivity index (χ4v) is 2.80. The standard InChI is InChI=1S/C15H23N/c1-14(2)13(15(14,3)4)11-16-10-12-8-6-5-7-9-12/h5-9,13,16H,10-11H2,1-4H3. The van der Waals surface area contributed by atoms with Gasteiger partial charge in [-0.15, -0.1) is 0 Å². The highest BCUT2D eigenvalue weighted by Crippen LogP contribution is 2.67. The summed E-state index contributed by atoms with van der Waals surface area (Å²) in [5.41, 5.74) is 2.37. The molecule has 0 aliphatic heterocycles. The second-order valence-electron chi connectivity index (χ2n) is 6.11. The number of hydrogen-bond acceptors (Lipinski definition) is 1. The first-order valence-electron chi connectivity index (χ1n) is 6.21. The molecular formula is C15H23N. The molecule has 0 spiro atoms. The fraction of sp³-hybridized carbons (Fsp3) is 0.600. The van der Waals surface area contributed by atoms with E-state index in [0.717, 1.165) is 19.0 Å². The third kappa shape index (κ3) is 1.89. The monoisotopic (exact) mass is 217 g/mol. The number of rotatable bonds is 4. The van der Waals surface area contributed by atoms with Crippen molar-refractivity contribution in [2.24, 2.45) is 16.7 Å². The first-order chi connectivity index (χ1) is 7.46. The highest BCUT2D eigenvalue weighted by Gasteiger charge is 2.63. The minimum Gasteiger partial charge on any atom is -0.312 e. The minimum atomic E-state index is 0.497. The van der Waals surface area contributed by atoms with Gasteiger partial charge in [-0.05, 0) is 28.9 Å². The summed E-state index contributed by atoms with van der Waals surface area (Å²) < 4.78 is 0. The Hall–Kier alpha value is -0.820. The quantitative estimate of drug-likeness (QED) is 0.814. The van der Waals surface area contributed by atoms with Gasteiger partial charge >= 0.3 is 0 Å². The van der Waals surface area contributed by atoms with Gasteiger partial charge in [0.15, 0.2) is 0 Å². The van der Waals surface area contributed by atoms with E-state index in [-0.39, 0.29) is 0 Å². The number of hydrogen-bond donors (Lipinski definition) is 1. The van der Waals surface area contributed by atoms with Crippen LogP contribution in [0.15, 0.2) is 30.3 Å². The molecule has 1 aromatic carbocycles. The largest absolute Gasteiger partial charge is 0.312 e. The molecule has 0 aromatic heterocycles. The van der Waals surface area contributed by atoms with Gasteiger partial charge in [0.25, 0.3) is 0 Å². The zero-order valence-electron chi connectivity index (χ0n) is 10.9. The highest BCUT2D eigenvalue weighted by molar-refractivity contribution is 5.15. The molecule has 1 heteroatoms. The molecule has 0 bridgehead atoms. The summed E-state index contributed by atoms with van der Waals surface area (Å²) in [4.78, 5) is 0. The lowest BCUT2D eigenvalue weighted by Gasteiger charge is -2.05. The molecular weight excluding hydrogens is 194 g/mol. The molecule has 1 aromatic rings. The predicted octanol–water partition coefficient (Wildman–Crippen LogP) is 3.46. The van der Waals surface area contributed by atoms with Crippen molar-refractivity contribution >= 4 is 0 Å². The van der Waals surface area contributed by atoms with E-state index in [0.29, 0.717) is 10.8 Å². The molecule has 0 unspecified atom stereocenters. The van der Waals surface area contributed by atoms with Crippen LogP contribution in [-0.2, 0) is 6.54 Å². The lowest BCUT2D eigenvalue weighted by atomic mass is 10.0. The first kappa shape index (κ1) is 11.7. The smallest absolute Gasteiger partial charge is 0.0205 e. The Morgan fingerprint density at radius 2 is 1.56 bits per heavy atom. The molecule has 2 rings (SSSR count). The van der Waals surface area contributed by atoms with Crippen molar-refractivity contribution in [1.82, 2.24) is 5.32 Å².